The van der Waals surface area contributed by atoms with E-state index in [0.29, 0.717) is 11.3 Å². The van der Waals surface area contributed by atoms with E-state index in [1.165, 1.54) is 6.07 Å². The van der Waals surface area contributed by atoms with Gasteiger partial charge in [0.1, 0.15) is 11.6 Å². The Morgan fingerprint density at radius 3 is 2.79 bits per heavy atom. The molecular weight excluding hydrogens is 181 g/mol. The van der Waals surface area contributed by atoms with Crippen LogP contribution in [0.4, 0.5) is 4.39 Å². The summed E-state index contributed by atoms with van der Waals surface area (Å²) in [6, 6.07) is 4.77. The van der Waals surface area contributed by atoms with Crippen molar-refractivity contribution < 1.29 is 9.13 Å². The Morgan fingerprint density at radius 2 is 2.21 bits per heavy atom. The molecule has 0 aromatic heterocycles. The summed E-state index contributed by atoms with van der Waals surface area (Å²) < 4.78 is 18.8. The zero-order valence-corrected chi connectivity index (χ0v) is 8.59. The monoisotopic (exact) mass is 197 g/mol. The average Bonchev–Trinajstić information content (AvgIpc) is 2.18. The van der Waals surface area contributed by atoms with Crippen LogP contribution >= 0.6 is 0 Å². The lowest BCUT2D eigenvalue weighted by molar-refractivity contribution is 0.214. The van der Waals surface area contributed by atoms with Gasteiger partial charge in [0.25, 0.3) is 0 Å². The summed E-state index contributed by atoms with van der Waals surface area (Å²) in [5, 5.41) is 0. The maximum absolute atomic E-state index is 13.2. The molecule has 0 aliphatic heterocycles. The molecule has 0 aliphatic carbocycles. The fourth-order valence-corrected chi connectivity index (χ4v) is 1.15. The van der Waals surface area contributed by atoms with Gasteiger partial charge in [-0.3, -0.25) is 0 Å². The van der Waals surface area contributed by atoms with Crippen molar-refractivity contribution in [1.82, 2.24) is 0 Å². The number of hydrogen-bond donors (Lipinski definition) is 1. The number of halogens is 1. The van der Waals surface area contributed by atoms with Gasteiger partial charge in [-0.2, -0.15) is 0 Å². The topological polar surface area (TPSA) is 35.2 Å². The number of benzene rings is 1. The van der Waals surface area contributed by atoms with Gasteiger partial charge in [0.05, 0.1) is 6.10 Å². The van der Waals surface area contributed by atoms with Crippen LogP contribution in [-0.4, -0.2) is 6.10 Å². The summed E-state index contributed by atoms with van der Waals surface area (Å²) in [6.45, 7) is 4.13. The van der Waals surface area contributed by atoms with Crippen LogP contribution in [-0.2, 0) is 6.54 Å². The lowest BCUT2D eigenvalue weighted by Crippen LogP contribution is -2.13. The molecule has 2 nitrogen and oxygen atoms in total. The second-order valence-electron chi connectivity index (χ2n) is 3.26. The Hall–Kier alpha value is -1.09. The summed E-state index contributed by atoms with van der Waals surface area (Å²) in [4.78, 5) is 0. The second kappa shape index (κ2) is 4.96. The highest BCUT2D eigenvalue weighted by atomic mass is 19.1. The Kier molecular flexibility index (Phi) is 3.89. The standard InChI is InChI=1S/C11H16FNO/c1-3-8(2)14-11-6-4-5-10(12)9(11)7-13/h4-6,8H,3,7,13H2,1-2H3. The van der Waals surface area contributed by atoms with Gasteiger partial charge in [0.15, 0.2) is 0 Å². The van der Waals surface area contributed by atoms with E-state index < -0.39 is 0 Å². The van der Waals surface area contributed by atoms with Crippen molar-refractivity contribution in [2.45, 2.75) is 32.9 Å². The first-order valence-corrected chi connectivity index (χ1v) is 4.83. The molecule has 0 heterocycles. The van der Waals surface area contributed by atoms with Crippen molar-refractivity contribution in [2.24, 2.45) is 5.73 Å². The lowest BCUT2D eigenvalue weighted by Gasteiger charge is -2.15. The molecule has 0 saturated heterocycles. The molecule has 3 heteroatoms. The Morgan fingerprint density at radius 1 is 1.50 bits per heavy atom. The Labute approximate surface area is 83.9 Å². The summed E-state index contributed by atoms with van der Waals surface area (Å²) in [7, 11) is 0. The van der Waals surface area contributed by atoms with Crippen molar-refractivity contribution in [3.63, 3.8) is 0 Å². The third-order valence-electron chi connectivity index (χ3n) is 2.18. The maximum atomic E-state index is 13.2. The van der Waals surface area contributed by atoms with E-state index in [2.05, 4.69) is 0 Å². The van der Waals surface area contributed by atoms with Gasteiger partial charge in [-0.25, -0.2) is 4.39 Å². The van der Waals surface area contributed by atoms with Crippen molar-refractivity contribution >= 4 is 0 Å². The average molecular weight is 197 g/mol. The predicted octanol–water partition coefficient (Wildman–Crippen LogP) is 2.46. The van der Waals surface area contributed by atoms with E-state index >= 15 is 0 Å². The zero-order valence-electron chi connectivity index (χ0n) is 8.59. The minimum absolute atomic E-state index is 0.0853. The van der Waals surface area contributed by atoms with Gasteiger partial charge >= 0.3 is 0 Å². The summed E-state index contributed by atoms with van der Waals surface area (Å²) in [6.07, 6.45) is 0.975. The summed E-state index contributed by atoms with van der Waals surface area (Å²) in [5.74, 6) is 0.259. The normalized spacial score (nSPS) is 12.6. The third-order valence-corrected chi connectivity index (χ3v) is 2.18. The van der Waals surface area contributed by atoms with Crippen molar-refractivity contribution in [2.75, 3.05) is 0 Å². The van der Waals surface area contributed by atoms with Crippen molar-refractivity contribution in [3.8, 4) is 5.75 Å². The number of nitrogens with two attached hydrogens (primary N) is 1. The van der Waals surface area contributed by atoms with Crippen LogP contribution < -0.4 is 10.5 Å². The molecule has 1 rings (SSSR count). The molecular formula is C11H16FNO. The van der Waals surface area contributed by atoms with Crippen LogP contribution in [0, 0.1) is 5.82 Å². The first-order chi connectivity index (χ1) is 6.69. The molecule has 2 N–H and O–H groups in total. The molecule has 0 radical (unpaired) electrons. The first-order valence-electron chi connectivity index (χ1n) is 4.83. The molecule has 0 aliphatic rings. The van der Waals surface area contributed by atoms with E-state index in [1.54, 1.807) is 12.1 Å². The molecule has 78 valence electrons. The predicted molar refractivity (Wildman–Crippen MR) is 54.7 cm³/mol. The van der Waals surface area contributed by atoms with E-state index in [4.69, 9.17) is 10.5 Å². The molecule has 14 heavy (non-hydrogen) atoms. The zero-order chi connectivity index (χ0) is 10.6. The van der Waals surface area contributed by atoms with Gasteiger partial charge < -0.3 is 10.5 Å². The molecule has 1 aromatic rings. The third kappa shape index (κ3) is 2.45. The lowest BCUT2D eigenvalue weighted by atomic mass is 10.2. The second-order valence-corrected chi connectivity index (χ2v) is 3.26. The molecule has 0 bridgehead atoms. The van der Waals surface area contributed by atoms with Crippen LogP contribution in [0.2, 0.25) is 0 Å². The van der Waals surface area contributed by atoms with Gasteiger partial charge in [0.2, 0.25) is 0 Å². The Bertz CT molecular complexity index is 301. The smallest absolute Gasteiger partial charge is 0.131 e. The van der Waals surface area contributed by atoms with Gasteiger partial charge in [-0.15, -0.1) is 0 Å². The molecule has 0 amide bonds. The molecule has 0 fully saturated rings. The fourth-order valence-electron chi connectivity index (χ4n) is 1.15. The largest absolute Gasteiger partial charge is 0.490 e. The highest BCUT2D eigenvalue weighted by Gasteiger charge is 2.09. The molecule has 1 atom stereocenters. The van der Waals surface area contributed by atoms with Gasteiger partial charge in [-0.05, 0) is 25.5 Å². The minimum atomic E-state index is -0.298. The van der Waals surface area contributed by atoms with Crippen LogP contribution in [0.3, 0.4) is 0 Å². The van der Waals surface area contributed by atoms with E-state index in [-0.39, 0.29) is 18.5 Å². The van der Waals surface area contributed by atoms with Crippen LogP contribution in [0.25, 0.3) is 0 Å². The molecule has 0 saturated carbocycles. The number of rotatable bonds is 4. The van der Waals surface area contributed by atoms with Gasteiger partial charge in [-0.1, -0.05) is 13.0 Å². The fraction of sp³-hybridized carbons (Fsp3) is 0.455. The van der Waals surface area contributed by atoms with E-state index in [9.17, 15) is 4.39 Å². The van der Waals surface area contributed by atoms with Crippen LogP contribution in [0.5, 0.6) is 5.75 Å². The van der Waals surface area contributed by atoms with E-state index in [0.717, 1.165) is 6.42 Å². The van der Waals surface area contributed by atoms with Crippen molar-refractivity contribution in [1.29, 1.82) is 0 Å². The SMILES string of the molecule is CCC(C)Oc1cccc(F)c1CN. The Balaban J connectivity index is 2.90. The van der Waals surface area contributed by atoms with Gasteiger partial charge in [0, 0.05) is 12.1 Å². The van der Waals surface area contributed by atoms with Crippen LogP contribution in [0.1, 0.15) is 25.8 Å². The maximum Gasteiger partial charge on any atom is 0.131 e. The summed E-state index contributed by atoms with van der Waals surface area (Å²) in [5.41, 5.74) is 5.90. The highest BCUT2D eigenvalue weighted by Crippen LogP contribution is 2.22. The van der Waals surface area contributed by atoms with Crippen molar-refractivity contribution in [3.05, 3.63) is 29.6 Å². The first kappa shape index (κ1) is 11.0. The van der Waals surface area contributed by atoms with E-state index in [1.807, 2.05) is 13.8 Å². The summed E-state index contributed by atoms with van der Waals surface area (Å²) >= 11 is 0. The molecule has 1 unspecified atom stereocenters. The highest BCUT2D eigenvalue weighted by molar-refractivity contribution is 5.34. The number of hydrogen-bond acceptors (Lipinski definition) is 2. The quantitative estimate of drug-likeness (QED) is 0.804. The molecule has 1 aromatic carbocycles. The minimum Gasteiger partial charge on any atom is -0.490 e. The number of ether oxygens (including phenoxy) is 1. The van der Waals surface area contributed by atoms with Crippen LogP contribution in [0.15, 0.2) is 18.2 Å². The molecule has 0 spiro atoms.